The number of ether oxygens (including phenoxy) is 4. The monoisotopic (exact) mass is 331 g/mol. The number of carbonyl (C=O) groups is 1. The van der Waals surface area contributed by atoms with Crippen LogP contribution in [0.25, 0.3) is 0 Å². The van der Waals surface area contributed by atoms with E-state index < -0.39 is 0 Å². The number of hydrogen-bond acceptors (Lipinski definition) is 5. The number of hydrogen-bond donors (Lipinski definition) is 1. The largest absolute Gasteiger partial charge is 0.497 e. The number of rotatable bonds is 7. The molecule has 2 aromatic rings. The summed E-state index contributed by atoms with van der Waals surface area (Å²) in [5.74, 6) is 1.96. The van der Waals surface area contributed by atoms with Crippen LogP contribution < -0.4 is 24.3 Å². The van der Waals surface area contributed by atoms with Crippen molar-refractivity contribution in [2.75, 3.05) is 28.4 Å². The van der Waals surface area contributed by atoms with Gasteiger partial charge in [0.2, 0.25) is 0 Å². The summed E-state index contributed by atoms with van der Waals surface area (Å²) < 4.78 is 21.0. The van der Waals surface area contributed by atoms with Crippen LogP contribution in [0.15, 0.2) is 36.4 Å². The lowest BCUT2D eigenvalue weighted by atomic mass is 10.1. The zero-order valence-corrected chi connectivity index (χ0v) is 14.2. The molecule has 0 aliphatic rings. The van der Waals surface area contributed by atoms with Crippen LogP contribution in [-0.2, 0) is 6.54 Å². The molecular weight excluding hydrogens is 310 g/mol. The molecule has 24 heavy (non-hydrogen) atoms. The number of benzene rings is 2. The Morgan fingerprint density at radius 3 is 2.04 bits per heavy atom. The highest BCUT2D eigenvalue weighted by molar-refractivity contribution is 5.99. The third-order valence-corrected chi connectivity index (χ3v) is 3.58. The summed E-state index contributed by atoms with van der Waals surface area (Å²) in [6.45, 7) is 0.278. The van der Waals surface area contributed by atoms with Crippen LogP contribution >= 0.6 is 0 Å². The van der Waals surface area contributed by atoms with Crippen LogP contribution in [0.1, 0.15) is 15.9 Å². The summed E-state index contributed by atoms with van der Waals surface area (Å²) in [6, 6.07) is 10.6. The van der Waals surface area contributed by atoms with E-state index in [4.69, 9.17) is 18.9 Å². The number of carbonyl (C=O) groups excluding carboxylic acids is 1. The van der Waals surface area contributed by atoms with Crippen LogP contribution in [0.4, 0.5) is 0 Å². The molecule has 0 fully saturated rings. The van der Waals surface area contributed by atoms with E-state index in [0.29, 0.717) is 28.6 Å². The second-order valence-electron chi connectivity index (χ2n) is 4.90. The molecule has 0 aliphatic carbocycles. The minimum absolute atomic E-state index is 0.278. The molecule has 2 rings (SSSR count). The summed E-state index contributed by atoms with van der Waals surface area (Å²) in [7, 11) is 6.19. The van der Waals surface area contributed by atoms with Crippen molar-refractivity contribution in [1.29, 1.82) is 0 Å². The van der Waals surface area contributed by atoms with Crippen LogP contribution in [-0.4, -0.2) is 34.3 Å². The first-order chi connectivity index (χ1) is 11.6. The summed E-state index contributed by atoms with van der Waals surface area (Å²) in [6.07, 6.45) is 0. The van der Waals surface area contributed by atoms with Gasteiger partial charge in [-0.1, -0.05) is 6.07 Å². The average Bonchev–Trinajstić information content (AvgIpc) is 2.64. The molecule has 2 aromatic carbocycles. The number of nitrogens with one attached hydrogen (secondary N) is 1. The lowest BCUT2D eigenvalue weighted by Gasteiger charge is -2.14. The maximum atomic E-state index is 12.6. The first-order valence-electron chi connectivity index (χ1n) is 7.34. The fourth-order valence-electron chi connectivity index (χ4n) is 2.36. The highest BCUT2D eigenvalue weighted by Crippen LogP contribution is 2.28. The van der Waals surface area contributed by atoms with Crippen LogP contribution in [0, 0.1) is 0 Å². The molecule has 0 radical (unpaired) electrons. The van der Waals surface area contributed by atoms with Gasteiger partial charge in [0.1, 0.15) is 28.6 Å². The smallest absolute Gasteiger partial charge is 0.259 e. The second kappa shape index (κ2) is 8.10. The normalized spacial score (nSPS) is 10.0. The Balaban J connectivity index is 2.23. The summed E-state index contributed by atoms with van der Waals surface area (Å²) >= 11 is 0. The molecule has 6 nitrogen and oxygen atoms in total. The van der Waals surface area contributed by atoms with Gasteiger partial charge in [0.05, 0.1) is 28.4 Å². The summed E-state index contributed by atoms with van der Waals surface area (Å²) in [4.78, 5) is 12.6. The molecule has 0 bridgehead atoms. The van der Waals surface area contributed by atoms with Crippen LogP contribution in [0.5, 0.6) is 23.0 Å². The maximum Gasteiger partial charge on any atom is 0.259 e. The Labute approximate surface area is 141 Å². The highest BCUT2D eigenvalue weighted by Gasteiger charge is 2.18. The SMILES string of the molecule is COc1ccc(OC)c(CNC(=O)c2c(OC)cccc2OC)c1. The number of amides is 1. The van der Waals surface area contributed by atoms with Crippen molar-refractivity contribution < 1.29 is 23.7 Å². The average molecular weight is 331 g/mol. The molecule has 0 unspecified atom stereocenters. The maximum absolute atomic E-state index is 12.6. The minimum atomic E-state index is -0.297. The van der Waals surface area contributed by atoms with E-state index in [0.717, 1.165) is 5.56 Å². The van der Waals surface area contributed by atoms with Gasteiger partial charge in [-0.3, -0.25) is 4.79 Å². The van der Waals surface area contributed by atoms with Gasteiger partial charge in [0.25, 0.3) is 5.91 Å². The third kappa shape index (κ3) is 3.71. The van der Waals surface area contributed by atoms with E-state index in [2.05, 4.69) is 5.32 Å². The van der Waals surface area contributed by atoms with Crippen molar-refractivity contribution in [3.05, 3.63) is 47.5 Å². The molecule has 0 saturated carbocycles. The van der Waals surface area contributed by atoms with Gasteiger partial charge in [-0.25, -0.2) is 0 Å². The fraction of sp³-hybridized carbons (Fsp3) is 0.278. The van der Waals surface area contributed by atoms with E-state index >= 15 is 0 Å². The lowest BCUT2D eigenvalue weighted by Crippen LogP contribution is -2.24. The van der Waals surface area contributed by atoms with E-state index in [-0.39, 0.29) is 12.5 Å². The van der Waals surface area contributed by atoms with Crippen molar-refractivity contribution >= 4 is 5.91 Å². The van der Waals surface area contributed by atoms with Gasteiger partial charge >= 0.3 is 0 Å². The molecule has 128 valence electrons. The molecule has 0 atom stereocenters. The Hall–Kier alpha value is -2.89. The van der Waals surface area contributed by atoms with Gasteiger partial charge in [0.15, 0.2) is 0 Å². The van der Waals surface area contributed by atoms with E-state index in [1.54, 1.807) is 44.6 Å². The first-order valence-corrected chi connectivity index (χ1v) is 7.34. The summed E-state index contributed by atoms with van der Waals surface area (Å²) in [5.41, 5.74) is 1.16. The Bertz CT molecular complexity index is 692. The molecule has 0 saturated heterocycles. The molecule has 0 spiro atoms. The Morgan fingerprint density at radius 1 is 0.875 bits per heavy atom. The topological polar surface area (TPSA) is 66.0 Å². The van der Waals surface area contributed by atoms with Crippen molar-refractivity contribution in [3.8, 4) is 23.0 Å². The quantitative estimate of drug-likeness (QED) is 0.845. The van der Waals surface area contributed by atoms with Gasteiger partial charge < -0.3 is 24.3 Å². The zero-order chi connectivity index (χ0) is 17.5. The number of methoxy groups -OCH3 is 4. The predicted molar refractivity (Wildman–Crippen MR) is 90.3 cm³/mol. The van der Waals surface area contributed by atoms with Crippen molar-refractivity contribution in [2.24, 2.45) is 0 Å². The third-order valence-electron chi connectivity index (χ3n) is 3.58. The van der Waals surface area contributed by atoms with E-state index in [1.807, 2.05) is 6.07 Å². The molecule has 0 aromatic heterocycles. The van der Waals surface area contributed by atoms with E-state index in [9.17, 15) is 4.79 Å². The Kier molecular flexibility index (Phi) is 5.89. The van der Waals surface area contributed by atoms with Crippen LogP contribution in [0.2, 0.25) is 0 Å². The lowest BCUT2D eigenvalue weighted by molar-refractivity contribution is 0.0944. The standard InChI is InChI=1S/C18H21NO5/c1-21-13-8-9-14(22-2)12(10-13)11-19-18(20)17-15(23-3)6-5-7-16(17)24-4/h5-10H,11H2,1-4H3,(H,19,20). The molecule has 6 heteroatoms. The summed E-state index contributed by atoms with van der Waals surface area (Å²) in [5, 5.41) is 2.86. The molecule has 1 N–H and O–H groups in total. The fourth-order valence-corrected chi connectivity index (χ4v) is 2.36. The van der Waals surface area contributed by atoms with Crippen molar-refractivity contribution in [2.45, 2.75) is 6.54 Å². The van der Waals surface area contributed by atoms with Gasteiger partial charge in [-0.15, -0.1) is 0 Å². The van der Waals surface area contributed by atoms with E-state index in [1.165, 1.54) is 14.2 Å². The minimum Gasteiger partial charge on any atom is -0.497 e. The van der Waals surface area contributed by atoms with Gasteiger partial charge in [-0.05, 0) is 30.3 Å². The second-order valence-corrected chi connectivity index (χ2v) is 4.90. The van der Waals surface area contributed by atoms with Gasteiger partial charge in [0, 0.05) is 12.1 Å². The zero-order valence-electron chi connectivity index (χ0n) is 14.2. The molecule has 1 amide bonds. The van der Waals surface area contributed by atoms with Crippen molar-refractivity contribution in [1.82, 2.24) is 5.32 Å². The highest BCUT2D eigenvalue weighted by atomic mass is 16.5. The van der Waals surface area contributed by atoms with Gasteiger partial charge in [-0.2, -0.15) is 0 Å². The predicted octanol–water partition coefficient (Wildman–Crippen LogP) is 2.65. The van der Waals surface area contributed by atoms with Crippen LogP contribution in [0.3, 0.4) is 0 Å². The van der Waals surface area contributed by atoms with Crippen molar-refractivity contribution in [3.63, 3.8) is 0 Å². The first kappa shape index (κ1) is 17.5. The molecule has 0 heterocycles. The molecular formula is C18H21NO5. The molecule has 0 aliphatic heterocycles. The Morgan fingerprint density at radius 2 is 1.50 bits per heavy atom.